The maximum Gasteiger partial charge on any atom is 0.338 e. The molecule has 1 heterocycles. The number of amides is 1. The molecule has 1 amide bonds. The van der Waals surface area contributed by atoms with Crippen molar-refractivity contribution >= 4 is 29.5 Å². The predicted octanol–water partition coefficient (Wildman–Crippen LogP) is 3.41. The summed E-state index contributed by atoms with van der Waals surface area (Å²) in [5.74, 6) is -1.75. The first-order valence-corrected chi connectivity index (χ1v) is 12.0. The molecular weight excluding hydrogens is 490 g/mol. The minimum Gasteiger partial charge on any atom is -0.469 e. The lowest BCUT2D eigenvalue weighted by molar-refractivity contribution is -0.142. The maximum absolute atomic E-state index is 12.9. The second kappa shape index (κ2) is 12.7. The van der Waals surface area contributed by atoms with E-state index in [2.05, 4.69) is 10.4 Å². The fourth-order valence-corrected chi connectivity index (χ4v) is 3.99. The Labute approximate surface area is 220 Å². The van der Waals surface area contributed by atoms with Gasteiger partial charge in [-0.2, -0.15) is 5.10 Å². The van der Waals surface area contributed by atoms with Crippen LogP contribution < -0.4 is 5.32 Å². The Morgan fingerprint density at radius 3 is 2.26 bits per heavy atom. The van der Waals surface area contributed by atoms with Crippen LogP contribution in [0.2, 0.25) is 0 Å². The number of methoxy groups -OCH3 is 2. The van der Waals surface area contributed by atoms with Crippen molar-refractivity contribution in [1.82, 2.24) is 9.78 Å². The lowest BCUT2D eigenvalue weighted by Crippen LogP contribution is -2.15. The van der Waals surface area contributed by atoms with Crippen LogP contribution >= 0.6 is 0 Å². The van der Waals surface area contributed by atoms with E-state index in [0.29, 0.717) is 30.0 Å². The van der Waals surface area contributed by atoms with Crippen molar-refractivity contribution < 1.29 is 33.4 Å². The van der Waals surface area contributed by atoms with Crippen molar-refractivity contribution in [2.24, 2.45) is 0 Å². The number of rotatable bonds is 10. The average molecular weight is 522 g/mol. The average Bonchev–Trinajstić information content (AvgIpc) is 3.16. The zero-order chi connectivity index (χ0) is 27.8. The van der Waals surface area contributed by atoms with Gasteiger partial charge in [0.2, 0.25) is 0 Å². The standard InChI is InChI=1S/C28H31N3O7/c1-6-38-26(33)15-24-17(2)30-31(18(24)3)16-19-7-9-20(10-8-19)27(34)29-22-11-12-23(28(35)37-5)21(13-22)14-25(32)36-4/h7-13H,6,14-16H2,1-5H3,(H,29,34). The van der Waals surface area contributed by atoms with E-state index in [-0.39, 0.29) is 30.3 Å². The van der Waals surface area contributed by atoms with Crippen molar-refractivity contribution in [1.29, 1.82) is 0 Å². The van der Waals surface area contributed by atoms with Crippen LogP contribution in [0.5, 0.6) is 0 Å². The maximum atomic E-state index is 12.9. The molecule has 0 atom stereocenters. The topological polar surface area (TPSA) is 126 Å². The Hall–Kier alpha value is -4.47. The van der Waals surface area contributed by atoms with Gasteiger partial charge >= 0.3 is 17.9 Å². The van der Waals surface area contributed by atoms with Gasteiger partial charge < -0.3 is 19.5 Å². The van der Waals surface area contributed by atoms with E-state index in [4.69, 9.17) is 14.2 Å². The molecule has 1 N–H and O–H groups in total. The van der Waals surface area contributed by atoms with Crippen LogP contribution in [0.15, 0.2) is 42.5 Å². The third-order valence-electron chi connectivity index (χ3n) is 6.04. The number of nitrogens with zero attached hydrogens (tertiary/aromatic N) is 2. The summed E-state index contributed by atoms with van der Waals surface area (Å²) in [6.45, 7) is 6.35. The quantitative estimate of drug-likeness (QED) is 0.318. The van der Waals surface area contributed by atoms with Crippen LogP contribution in [0.3, 0.4) is 0 Å². The first kappa shape index (κ1) is 28.1. The molecule has 0 radical (unpaired) electrons. The highest BCUT2D eigenvalue weighted by Crippen LogP contribution is 2.20. The van der Waals surface area contributed by atoms with Crippen LogP contribution in [0, 0.1) is 13.8 Å². The van der Waals surface area contributed by atoms with Crippen LogP contribution in [-0.2, 0) is 43.2 Å². The van der Waals surface area contributed by atoms with E-state index >= 15 is 0 Å². The molecule has 3 rings (SSSR count). The summed E-state index contributed by atoms with van der Waals surface area (Å²) in [5.41, 5.74) is 4.88. The summed E-state index contributed by atoms with van der Waals surface area (Å²) in [5, 5.41) is 7.34. The van der Waals surface area contributed by atoms with Crippen LogP contribution in [0.25, 0.3) is 0 Å². The van der Waals surface area contributed by atoms with Gasteiger partial charge in [-0.25, -0.2) is 4.79 Å². The number of ether oxygens (including phenoxy) is 3. The predicted molar refractivity (Wildman–Crippen MR) is 139 cm³/mol. The van der Waals surface area contributed by atoms with Crippen LogP contribution in [0.4, 0.5) is 5.69 Å². The van der Waals surface area contributed by atoms with Gasteiger partial charge in [0.15, 0.2) is 0 Å². The molecule has 2 aromatic carbocycles. The second-order valence-electron chi connectivity index (χ2n) is 8.56. The zero-order valence-electron chi connectivity index (χ0n) is 22.1. The molecular formula is C28H31N3O7. The highest BCUT2D eigenvalue weighted by atomic mass is 16.5. The molecule has 0 unspecified atom stereocenters. The lowest BCUT2D eigenvalue weighted by atomic mass is 10.0. The lowest BCUT2D eigenvalue weighted by Gasteiger charge is -2.11. The molecule has 0 saturated heterocycles. The van der Waals surface area contributed by atoms with Crippen molar-refractivity contribution in [3.05, 3.63) is 81.7 Å². The first-order valence-electron chi connectivity index (χ1n) is 12.0. The zero-order valence-corrected chi connectivity index (χ0v) is 22.1. The van der Waals surface area contributed by atoms with Gasteiger partial charge in [0, 0.05) is 22.5 Å². The fraction of sp³-hybridized carbons (Fsp3) is 0.321. The minimum atomic E-state index is -0.590. The molecule has 0 aliphatic rings. The van der Waals surface area contributed by atoms with Crippen molar-refractivity contribution in [2.45, 2.75) is 40.2 Å². The number of anilines is 1. The number of aryl methyl sites for hydroxylation is 1. The molecule has 0 spiro atoms. The Morgan fingerprint density at radius 1 is 0.921 bits per heavy atom. The van der Waals surface area contributed by atoms with Gasteiger partial charge in [0.05, 0.1) is 51.5 Å². The second-order valence-corrected chi connectivity index (χ2v) is 8.56. The molecule has 1 aromatic heterocycles. The van der Waals surface area contributed by atoms with E-state index in [0.717, 1.165) is 22.5 Å². The summed E-state index contributed by atoms with van der Waals surface area (Å²) >= 11 is 0. The number of benzene rings is 2. The molecule has 0 saturated carbocycles. The number of nitrogens with one attached hydrogen (secondary N) is 1. The smallest absolute Gasteiger partial charge is 0.338 e. The van der Waals surface area contributed by atoms with Crippen LogP contribution in [-0.4, -0.2) is 54.4 Å². The number of esters is 3. The van der Waals surface area contributed by atoms with E-state index in [1.807, 2.05) is 30.7 Å². The first-order chi connectivity index (χ1) is 18.2. The highest BCUT2D eigenvalue weighted by Gasteiger charge is 2.18. The van der Waals surface area contributed by atoms with Gasteiger partial charge in [-0.05, 0) is 62.2 Å². The Bertz CT molecular complexity index is 1340. The third-order valence-corrected chi connectivity index (χ3v) is 6.04. The van der Waals surface area contributed by atoms with Gasteiger partial charge in [-0.3, -0.25) is 19.1 Å². The van der Waals surface area contributed by atoms with Crippen molar-refractivity contribution in [3.8, 4) is 0 Å². The SMILES string of the molecule is CCOC(=O)Cc1c(C)nn(Cc2ccc(C(=O)Nc3ccc(C(=O)OC)c(CC(=O)OC)c3)cc2)c1C. The molecule has 0 aliphatic heterocycles. The third kappa shape index (κ3) is 6.84. The molecule has 0 aliphatic carbocycles. The van der Waals surface area contributed by atoms with Gasteiger partial charge in [0.1, 0.15) is 0 Å². The van der Waals surface area contributed by atoms with Gasteiger partial charge in [-0.15, -0.1) is 0 Å². The monoisotopic (exact) mass is 521 g/mol. The Morgan fingerprint density at radius 2 is 1.63 bits per heavy atom. The van der Waals surface area contributed by atoms with E-state index in [1.165, 1.54) is 20.3 Å². The number of carbonyl (C=O) groups excluding carboxylic acids is 4. The minimum absolute atomic E-state index is 0.146. The Kier molecular flexibility index (Phi) is 9.37. The highest BCUT2D eigenvalue weighted by molar-refractivity contribution is 6.04. The number of carbonyl (C=O) groups is 4. The Balaban J connectivity index is 1.72. The largest absolute Gasteiger partial charge is 0.469 e. The number of hydrogen-bond acceptors (Lipinski definition) is 8. The number of hydrogen-bond donors (Lipinski definition) is 1. The summed E-state index contributed by atoms with van der Waals surface area (Å²) in [7, 11) is 2.51. The van der Waals surface area contributed by atoms with E-state index in [1.54, 1.807) is 31.2 Å². The molecule has 0 fully saturated rings. The molecule has 0 bridgehead atoms. The normalized spacial score (nSPS) is 10.6. The van der Waals surface area contributed by atoms with Crippen LogP contribution in [0.1, 0.15) is 55.7 Å². The van der Waals surface area contributed by atoms with Gasteiger partial charge in [0.25, 0.3) is 5.91 Å². The summed E-state index contributed by atoms with van der Waals surface area (Å²) in [6, 6.07) is 11.7. The van der Waals surface area contributed by atoms with Gasteiger partial charge in [-0.1, -0.05) is 12.1 Å². The fourth-order valence-electron chi connectivity index (χ4n) is 3.99. The summed E-state index contributed by atoms with van der Waals surface area (Å²) in [4.78, 5) is 48.6. The molecule has 10 nitrogen and oxygen atoms in total. The van der Waals surface area contributed by atoms with E-state index in [9.17, 15) is 19.2 Å². The van der Waals surface area contributed by atoms with Crippen molar-refractivity contribution in [2.75, 3.05) is 26.1 Å². The summed E-state index contributed by atoms with van der Waals surface area (Å²) in [6.07, 6.45) is 0.0275. The molecule has 38 heavy (non-hydrogen) atoms. The molecule has 10 heteroatoms. The van der Waals surface area contributed by atoms with E-state index < -0.39 is 11.9 Å². The summed E-state index contributed by atoms with van der Waals surface area (Å²) < 4.78 is 16.4. The van der Waals surface area contributed by atoms with Crippen molar-refractivity contribution in [3.63, 3.8) is 0 Å². The molecule has 200 valence electrons. The molecule has 3 aromatic rings. The number of aromatic nitrogens is 2.